The van der Waals surface area contributed by atoms with Crippen molar-refractivity contribution in [2.75, 3.05) is 66.1 Å². The molecule has 15 heteroatoms. The van der Waals surface area contributed by atoms with Crippen molar-refractivity contribution in [2.24, 2.45) is 22.7 Å². The molecule has 0 aliphatic heterocycles. The minimum Gasteiger partial charge on any atom is -0.493 e. The van der Waals surface area contributed by atoms with Gasteiger partial charge in [0.05, 0.1) is 66.1 Å². The summed E-state index contributed by atoms with van der Waals surface area (Å²) in [5.74, 6) is 1.38. The Balaban J connectivity index is 0.948. The highest BCUT2D eigenvalue weighted by Gasteiger charge is 2.31. The first-order valence-corrected chi connectivity index (χ1v) is 45.0. The Hall–Kier alpha value is -8.47. The quantitative estimate of drug-likeness (QED) is 0.0121. The standard InChI is InChI=1S/C104H141FO14/c1-13-18-21-27-76-35-39-80(40-36-76)81-43-45-83(46-44-81)93-50-47-84(60-78(93)16-4)91-62-87(29-23-55-115-99(110)72(6)7)97(114-59-54-104(69-108,70-109)53-20-15-3)88(63-91)30-25-57-117-101(112)74(10)33-34-75(11)102(113)118-58-26-32-90-65-92(64-89(31-24-56-116-100(111)73(8)9)98(90)119-71-103(12,67-106)68-107)85-48-51-94(79(17-5)61-85)95-52-49-86(66-96(95)105)82-41-37-77(38-42-82)28-22-19-14-2/h43-52,60-66,76-77,80,82,106-109H,6,8,10-11,13-42,53-59,67-71H2,1-5,7,9,12H3. The topological polar surface area (TPSA) is 205 Å². The van der Waals surface area contributed by atoms with E-state index in [1.165, 1.54) is 112 Å². The zero-order valence-corrected chi connectivity index (χ0v) is 73.4. The van der Waals surface area contributed by atoms with Gasteiger partial charge < -0.3 is 48.8 Å². The number of carbonyl (C=O) groups excluding carboxylic acids is 4. The van der Waals surface area contributed by atoms with Crippen LogP contribution in [0.3, 0.4) is 0 Å². The summed E-state index contributed by atoms with van der Waals surface area (Å²) >= 11 is 0. The Morgan fingerprint density at radius 2 is 0.790 bits per heavy atom. The number of hydrogen-bond acceptors (Lipinski definition) is 14. The second kappa shape index (κ2) is 49.4. The zero-order chi connectivity index (χ0) is 85.9. The van der Waals surface area contributed by atoms with Gasteiger partial charge in [0, 0.05) is 38.7 Å². The lowest BCUT2D eigenvalue weighted by atomic mass is 9.77. The van der Waals surface area contributed by atoms with Gasteiger partial charge in [-0.1, -0.05) is 205 Å². The van der Waals surface area contributed by atoms with Crippen molar-refractivity contribution >= 4 is 23.9 Å². The average molecular weight is 1630 g/mol. The van der Waals surface area contributed by atoms with Crippen molar-refractivity contribution in [2.45, 2.75) is 273 Å². The lowest BCUT2D eigenvalue weighted by molar-refractivity contribution is -0.140. The van der Waals surface area contributed by atoms with Crippen LogP contribution in [0.2, 0.25) is 0 Å². The summed E-state index contributed by atoms with van der Waals surface area (Å²) in [6.07, 6.45) is 28.0. The molecular weight excluding hydrogens is 1490 g/mol. The van der Waals surface area contributed by atoms with Gasteiger partial charge in [0.25, 0.3) is 0 Å². The van der Waals surface area contributed by atoms with Gasteiger partial charge >= 0.3 is 23.9 Å². The fourth-order valence-electron chi connectivity index (χ4n) is 17.0. The number of ether oxygens (including phenoxy) is 6. The second-order valence-corrected chi connectivity index (χ2v) is 34.6. The highest BCUT2D eigenvalue weighted by Crippen LogP contribution is 2.44. The summed E-state index contributed by atoms with van der Waals surface area (Å²) in [7, 11) is 0. The van der Waals surface area contributed by atoms with E-state index >= 15 is 4.39 Å². The maximum absolute atomic E-state index is 16.5. The van der Waals surface area contributed by atoms with E-state index in [4.69, 9.17) is 28.4 Å². The number of aliphatic hydroxyl groups excluding tert-OH is 4. The maximum Gasteiger partial charge on any atom is 0.333 e. The molecule has 6 aromatic rings. The molecule has 119 heavy (non-hydrogen) atoms. The Morgan fingerprint density at radius 1 is 0.403 bits per heavy atom. The Kier molecular flexibility index (Phi) is 39.9. The Morgan fingerprint density at radius 3 is 1.20 bits per heavy atom. The van der Waals surface area contributed by atoms with Crippen LogP contribution in [0.15, 0.2) is 152 Å². The molecule has 0 amide bonds. The number of hydrogen-bond donors (Lipinski definition) is 4. The number of benzene rings is 6. The summed E-state index contributed by atoms with van der Waals surface area (Å²) in [6.45, 7) is 30.9. The van der Waals surface area contributed by atoms with Gasteiger partial charge in [-0.2, -0.15) is 0 Å². The molecule has 0 atom stereocenters. The lowest BCUT2D eigenvalue weighted by Gasteiger charge is -2.30. The molecule has 648 valence electrons. The van der Waals surface area contributed by atoms with Crippen LogP contribution in [-0.4, -0.2) is 110 Å². The molecule has 2 fully saturated rings. The van der Waals surface area contributed by atoms with Gasteiger partial charge in [-0.25, -0.2) is 23.6 Å². The minimum atomic E-state index is -0.983. The highest BCUT2D eigenvalue weighted by molar-refractivity contribution is 5.90. The van der Waals surface area contributed by atoms with Crippen LogP contribution in [-0.2, 0) is 76.7 Å². The first kappa shape index (κ1) is 96.0. The Bertz CT molecular complexity index is 4270. The molecule has 0 bridgehead atoms. The highest BCUT2D eigenvalue weighted by atomic mass is 19.1. The molecule has 0 radical (unpaired) electrons. The van der Waals surface area contributed by atoms with Crippen LogP contribution >= 0.6 is 0 Å². The first-order chi connectivity index (χ1) is 57.5. The van der Waals surface area contributed by atoms with Gasteiger partial charge in [-0.05, 0) is 293 Å². The van der Waals surface area contributed by atoms with Crippen molar-refractivity contribution in [3.8, 4) is 56.0 Å². The molecule has 0 unspecified atom stereocenters. The molecule has 2 saturated carbocycles. The van der Waals surface area contributed by atoms with Gasteiger partial charge in [-0.3, -0.25) is 0 Å². The molecule has 6 aromatic carbocycles. The minimum absolute atomic E-state index is 0.00904. The third kappa shape index (κ3) is 28.8. The summed E-state index contributed by atoms with van der Waals surface area (Å²) in [6, 6.07) is 36.3. The van der Waals surface area contributed by atoms with Crippen LogP contribution in [0.5, 0.6) is 11.5 Å². The number of aliphatic hydroxyl groups is 4. The summed E-state index contributed by atoms with van der Waals surface area (Å²) in [5, 5.41) is 42.1. The van der Waals surface area contributed by atoms with Gasteiger partial charge in [0.2, 0.25) is 0 Å². The molecule has 14 nitrogen and oxygen atoms in total. The number of rotatable bonds is 53. The van der Waals surface area contributed by atoms with E-state index in [9.17, 15) is 39.6 Å². The van der Waals surface area contributed by atoms with Crippen molar-refractivity contribution in [3.63, 3.8) is 0 Å². The second-order valence-electron chi connectivity index (χ2n) is 34.6. The van der Waals surface area contributed by atoms with Gasteiger partial charge in [0.15, 0.2) is 0 Å². The fourth-order valence-corrected chi connectivity index (χ4v) is 17.0. The number of unbranched alkanes of at least 4 members (excludes halogenated alkanes) is 5. The SMILES string of the molecule is C=C(C)C(=O)OCCCc1cc(-c2ccc(-c3ccc(C4CCC(CCCCC)CC4)cc3)c(CC)c2)cc(CCCOC(=O)C(=C)CCC(=C)C(=O)OCCCc2cc(-c3ccc(-c4ccc(C5CCC(CCCCC)CC5)cc4F)c(CC)c3)cc(CCCOC(=O)C(=C)C)c2OCC(C)(CO)CO)c1OCCC(CO)(CO)CCCC. The van der Waals surface area contributed by atoms with E-state index in [0.717, 1.165) is 105 Å². The van der Waals surface area contributed by atoms with Crippen molar-refractivity contribution in [1.29, 1.82) is 0 Å². The van der Waals surface area contributed by atoms with Crippen LogP contribution in [0, 0.1) is 28.5 Å². The monoisotopic (exact) mass is 1630 g/mol. The first-order valence-electron chi connectivity index (χ1n) is 45.0. The predicted molar refractivity (Wildman–Crippen MR) is 479 cm³/mol. The number of aryl methyl sites for hydroxylation is 6. The van der Waals surface area contributed by atoms with Crippen LogP contribution in [0.1, 0.15) is 279 Å². The van der Waals surface area contributed by atoms with Crippen molar-refractivity contribution in [3.05, 3.63) is 202 Å². The predicted octanol–water partition coefficient (Wildman–Crippen LogP) is 23.3. The smallest absolute Gasteiger partial charge is 0.333 e. The van der Waals surface area contributed by atoms with E-state index < -0.39 is 34.7 Å². The van der Waals surface area contributed by atoms with Crippen LogP contribution in [0.25, 0.3) is 44.5 Å². The largest absolute Gasteiger partial charge is 0.493 e. The van der Waals surface area contributed by atoms with Crippen LogP contribution < -0.4 is 9.47 Å². The van der Waals surface area contributed by atoms with E-state index in [1.54, 1.807) is 26.8 Å². The number of halogens is 1. The summed E-state index contributed by atoms with van der Waals surface area (Å²) < 4.78 is 52.8. The van der Waals surface area contributed by atoms with Crippen LogP contribution in [0.4, 0.5) is 4.39 Å². The van der Waals surface area contributed by atoms with E-state index in [1.807, 2.05) is 30.3 Å². The molecule has 0 heterocycles. The maximum atomic E-state index is 16.5. The van der Waals surface area contributed by atoms with E-state index in [0.29, 0.717) is 105 Å². The van der Waals surface area contributed by atoms with E-state index in [2.05, 4.69) is 128 Å². The van der Waals surface area contributed by atoms with Gasteiger partial charge in [0.1, 0.15) is 17.3 Å². The molecular formula is C104H141FO14. The number of carbonyl (C=O) groups is 4. The molecule has 0 saturated heterocycles. The van der Waals surface area contributed by atoms with Crippen molar-refractivity contribution < 1.29 is 72.4 Å². The molecule has 8 rings (SSSR count). The molecule has 2 aliphatic rings. The lowest BCUT2D eigenvalue weighted by Crippen LogP contribution is -2.33. The Labute approximate surface area is 711 Å². The summed E-state index contributed by atoms with van der Waals surface area (Å²) in [5.41, 5.74) is 14.8. The summed E-state index contributed by atoms with van der Waals surface area (Å²) in [4.78, 5) is 52.6. The molecule has 0 spiro atoms. The zero-order valence-electron chi connectivity index (χ0n) is 73.4. The molecule has 4 N–H and O–H groups in total. The van der Waals surface area contributed by atoms with Gasteiger partial charge in [-0.15, -0.1) is 0 Å². The molecule has 2 aliphatic carbocycles. The number of esters is 4. The third-order valence-electron chi connectivity index (χ3n) is 24.9. The average Bonchev–Trinajstić information content (AvgIpc) is 0.789. The normalized spacial score (nSPS) is 15.6. The molecule has 0 aromatic heterocycles. The van der Waals surface area contributed by atoms with E-state index in [-0.39, 0.29) is 101 Å². The van der Waals surface area contributed by atoms with Crippen molar-refractivity contribution in [1.82, 2.24) is 0 Å². The fraction of sp³-hybridized carbons (Fsp3) is 0.538. The third-order valence-corrected chi connectivity index (χ3v) is 24.9.